The van der Waals surface area contributed by atoms with Gasteiger partial charge in [0.15, 0.2) is 5.75 Å². The number of esters is 1. The van der Waals surface area contributed by atoms with Crippen molar-refractivity contribution in [2.45, 2.75) is 27.4 Å². The molecule has 0 atom stereocenters. The summed E-state index contributed by atoms with van der Waals surface area (Å²) >= 11 is 4.83. The number of hydrogen-bond donors (Lipinski definition) is 1. The maximum Gasteiger partial charge on any atom is 0.341 e. The van der Waals surface area contributed by atoms with Gasteiger partial charge < -0.3 is 14.8 Å². The van der Waals surface area contributed by atoms with E-state index in [-0.39, 0.29) is 12.5 Å². The fourth-order valence-electron chi connectivity index (χ4n) is 2.86. The van der Waals surface area contributed by atoms with Gasteiger partial charge in [-0.05, 0) is 41.4 Å². The van der Waals surface area contributed by atoms with E-state index in [1.54, 1.807) is 6.92 Å². The van der Waals surface area contributed by atoms with Gasteiger partial charge in [-0.2, -0.15) is 0 Å². The molecule has 7 heteroatoms. The lowest BCUT2D eigenvalue weighted by Gasteiger charge is -2.10. The van der Waals surface area contributed by atoms with Crippen LogP contribution >= 0.6 is 27.3 Å². The van der Waals surface area contributed by atoms with Gasteiger partial charge in [0.05, 0.1) is 15.8 Å². The van der Waals surface area contributed by atoms with E-state index in [9.17, 15) is 9.59 Å². The molecule has 0 spiro atoms. The summed E-state index contributed by atoms with van der Waals surface area (Å²) in [6.07, 6.45) is 0. The zero-order valence-corrected chi connectivity index (χ0v) is 18.2. The zero-order chi connectivity index (χ0) is 20.3. The molecule has 5 nitrogen and oxygen atoms in total. The molecular weight excluding hydrogens is 442 g/mol. The highest BCUT2D eigenvalue weighted by atomic mass is 79.9. The molecule has 0 bridgehead atoms. The molecule has 1 N–H and O–H groups in total. The molecule has 2 aromatic carbocycles. The molecule has 1 heterocycles. The van der Waals surface area contributed by atoms with Crippen molar-refractivity contribution in [2.24, 2.45) is 0 Å². The van der Waals surface area contributed by atoms with Gasteiger partial charge in [0.1, 0.15) is 17.2 Å². The smallest absolute Gasteiger partial charge is 0.341 e. The topological polar surface area (TPSA) is 64.6 Å². The van der Waals surface area contributed by atoms with Crippen LogP contribution in [0.3, 0.4) is 0 Å². The number of anilines is 1. The van der Waals surface area contributed by atoms with E-state index in [1.807, 2.05) is 37.3 Å². The van der Waals surface area contributed by atoms with Crippen LogP contribution in [-0.2, 0) is 16.1 Å². The van der Waals surface area contributed by atoms with Crippen molar-refractivity contribution in [2.75, 3.05) is 11.9 Å². The standard InChI is InChI=1S/C21H20BrNO4S/c1-4-26-21(25)17-15-8-9-16(22)18(19(15)28-20(17)23-13(3)24)27-11-14-7-5-6-12(2)10-14/h5-10H,4,11H2,1-3H3,(H,23,24). The average Bonchev–Trinajstić information content (AvgIpc) is 2.98. The van der Waals surface area contributed by atoms with Crippen LogP contribution in [-0.4, -0.2) is 18.5 Å². The van der Waals surface area contributed by atoms with Crippen molar-refractivity contribution in [3.8, 4) is 5.75 Å². The lowest BCUT2D eigenvalue weighted by molar-refractivity contribution is -0.114. The summed E-state index contributed by atoms with van der Waals surface area (Å²) in [5, 5.41) is 3.89. The molecule has 0 unspecified atom stereocenters. The maximum atomic E-state index is 12.5. The Bertz CT molecular complexity index is 1040. The minimum absolute atomic E-state index is 0.251. The summed E-state index contributed by atoms with van der Waals surface area (Å²) in [7, 11) is 0. The molecule has 0 fully saturated rings. The monoisotopic (exact) mass is 461 g/mol. The molecule has 3 aromatic rings. The highest BCUT2D eigenvalue weighted by Crippen LogP contribution is 2.44. The molecule has 0 aliphatic rings. The van der Waals surface area contributed by atoms with Gasteiger partial charge in [-0.1, -0.05) is 35.9 Å². The Kier molecular flexibility index (Phi) is 6.36. The number of nitrogens with one attached hydrogen (secondary N) is 1. The number of halogens is 1. The van der Waals surface area contributed by atoms with Gasteiger partial charge in [-0.3, -0.25) is 4.79 Å². The van der Waals surface area contributed by atoms with Gasteiger partial charge in [0, 0.05) is 12.3 Å². The molecule has 0 aliphatic carbocycles. The molecule has 3 rings (SSSR count). The lowest BCUT2D eigenvalue weighted by atomic mass is 10.1. The number of carbonyl (C=O) groups excluding carboxylic acids is 2. The number of fused-ring (bicyclic) bond motifs is 1. The summed E-state index contributed by atoms with van der Waals surface area (Å²) in [4.78, 5) is 24.1. The summed E-state index contributed by atoms with van der Waals surface area (Å²) < 4.78 is 12.8. The lowest BCUT2D eigenvalue weighted by Crippen LogP contribution is -2.10. The number of amides is 1. The quantitative estimate of drug-likeness (QED) is 0.479. The van der Waals surface area contributed by atoms with Crippen LogP contribution in [0.2, 0.25) is 0 Å². The average molecular weight is 462 g/mol. The Morgan fingerprint density at radius 3 is 2.68 bits per heavy atom. The van der Waals surface area contributed by atoms with Crippen LogP contribution in [0.1, 0.15) is 35.3 Å². The fourth-order valence-corrected chi connectivity index (χ4v) is 4.67. The number of aryl methyl sites for hydroxylation is 1. The number of ether oxygens (including phenoxy) is 2. The van der Waals surface area contributed by atoms with E-state index in [0.29, 0.717) is 28.3 Å². The van der Waals surface area contributed by atoms with Gasteiger partial charge in [0.2, 0.25) is 5.91 Å². The largest absolute Gasteiger partial charge is 0.486 e. The predicted molar refractivity (Wildman–Crippen MR) is 115 cm³/mol. The Morgan fingerprint density at radius 1 is 1.21 bits per heavy atom. The van der Waals surface area contributed by atoms with Crippen molar-refractivity contribution in [1.82, 2.24) is 0 Å². The number of benzene rings is 2. The van der Waals surface area contributed by atoms with Crippen LogP contribution < -0.4 is 10.1 Å². The van der Waals surface area contributed by atoms with Crippen molar-refractivity contribution in [1.29, 1.82) is 0 Å². The van der Waals surface area contributed by atoms with E-state index in [2.05, 4.69) is 27.3 Å². The highest BCUT2D eigenvalue weighted by molar-refractivity contribution is 9.10. The number of rotatable bonds is 6. The fraction of sp³-hybridized carbons (Fsp3) is 0.238. The molecule has 1 aromatic heterocycles. The second-order valence-electron chi connectivity index (χ2n) is 6.24. The Labute approximate surface area is 175 Å². The third kappa shape index (κ3) is 4.36. The van der Waals surface area contributed by atoms with E-state index in [4.69, 9.17) is 9.47 Å². The Hall–Kier alpha value is -2.38. The Morgan fingerprint density at radius 2 is 2.00 bits per heavy atom. The molecule has 1 amide bonds. The van der Waals surface area contributed by atoms with Crippen LogP contribution in [0.25, 0.3) is 10.1 Å². The molecular formula is C21H20BrNO4S. The summed E-state index contributed by atoms with van der Waals surface area (Å²) in [6, 6.07) is 11.7. The van der Waals surface area contributed by atoms with Crippen molar-refractivity contribution in [3.05, 3.63) is 57.6 Å². The zero-order valence-electron chi connectivity index (χ0n) is 15.8. The van der Waals surface area contributed by atoms with Crippen LogP contribution in [0.4, 0.5) is 5.00 Å². The number of thiophene rings is 1. The number of carbonyl (C=O) groups is 2. The van der Waals surface area contributed by atoms with Crippen LogP contribution in [0, 0.1) is 6.92 Å². The summed E-state index contributed by atoms with van der Waals surface area (Å²) in [5.41, 5.74) is 2.56. The van der Waals surface area contributed by atoms with Gasteiger partial charge >= 0.3 is 5.97 Å². The summed E-state index contributed by atoms with van der Waals surface area (Å²) in [6.45, 7) is 5.83. The number of hydrogen-bond acceptors (Lipinski definition) is 5. The van der Waals surface area contributed by atoms with E-state index in [1.165, 1.54) is 18.3 Å². The van der Waals surface area contributed by atoms with Crippen molar-refractivity contribution >= 4 is 54.2 Å². The molecule has 146 valence electrons. The molecule has 28 heavy (non-hydrogen) atoms. The minimum Gasteiger partial charge on any atom is -0.486 e. The second kappa shape index (κ2) is 8.75. The molecule has 0 radical (unpaired) electrons. The molecule has 0 aliphatic heterocycles. The maximum absolute atomic E-state index is 12.5. The molecule has 0 saturated carbocycles. The van der Waals surface area contributed by atoms with Crippen LogP contribution in [0.5, 0.6) is 5.75 Å². The SMILES string of the molecule is CCOC(=O)c1c(NC(C)=O)sc2c(OCc3cccc(C)c3)c(Br)ccc12. The first-order valence-electron chi connectivity index (χ1n) is 8.78. The van der Waals surface area contributed by atoms with E-state index in [0.717, 1.165) is 20.3 Å². The van der Waals surface area contributed by atoms with Gasteiger partial charge in [0.25, 0.3) is 0 Å². The Balaban J connectivity index is 2.06. The first kappa shape index (κ1) is 20.4. The minimum atomic E-state index is -0.468. The predicted octanol–water partition coefficient (Wildman–Crippen LogP) is 5.69. The van der Waals surface area contributed by atoms with E-state index < -0.39 is 5.97 Å². The van der Waals surface area contributed by atoms with Crippen molar-refractivity contribution < 1.29 is 19.1 Å². The van der Waals surface area contributed by atoms with Gasteiger partial charge in [-0.25, -0.2) is 4.79 Å². The van der Waals surface area contributed by atoms with Gasteiger partial charge in [-0.15, -0.1) is 11.3 Å². The molecule has 0 saturated heterocycles. The third-order valence-electron chi connectivity index (χ3n) is 4.00. The highest BCUT2D eigenvalue weighted by Gasteiger charge is 2.24. The normalized spacial score (nSPS) is 10.7. The van der Waals surface area contributed by atoms with E-state index >= 15 is 0 Å². The second-order valence-corrected chi connectivity index (χ2v) is 8.11. The first-order valence-corrected chi connectivity index (χ1v) is 10.4. The third-order valence-corrected chi connectivity index (χ3v) is 5.74. The van der Waals surface area contributed by atoms with Crippen LogP contribution in [0.15, 0.2) is 40.9 Å². The first-order chi connectivity index (χ1) is 13.4. The summed E-state index contributed by atoms with van der Waals surface area (Å²) in [5.74, 6) is -0.0889. The van der Waals surface area contributed by atoms with Crippen molar-refractivity contribution in [3.63, 3.8) is 0 Å².